The monoisotopic (exact) mass is 237 g/mol. The Morgan fingerprint density at radius 1 is 1.41 bits per heavy atom. The molecule has 3 heteroatoms. The summed E-state index contributed by atoms with van der Waals surface area (Å²) in [5.41, 5.74) is 1.89. The van der Waals surface area contributed by atoms with Gasteiger partial charge in [0.25, 0.3) is 0 Å². The zero-order valence-corrected chi connectivity index (χ0v) is 10.3. The molecule has 1 aliphatic rings. The van der Waals surface area contributed by atoms with Crippen molar-refractivity contribution in [3.8, 4) is 0 Å². The molecule has 1 aromatic rings. The van der Waals surface area contributed by atoms with Gasteiger partial charge in [0.15, 0.2) is 0 Å². The minimum absolute atomic E-state index is 0.106. The Balaban J connectivity index is 1.83. The van der Waals surface area contributed by atoms with Crippen LogP contribution in [0, 0.1) is 18.2 Å². The molecule has 1 aromatic carbocycles. The fourth-order valence-corrected chi connectivity index (χ4v) is 2.36. The van der Waals surface area contributed by atoms with E-state index < -0.39 is 0 Å². The normalized spacial score (nSPS) is 17.8. The fraction of sp³-hybridized carbons (Fsp3) is 0.571. The number of rotatable bonds is 5. The highest BCUT2D eigenvalue weighted by atomic mass is 19.1. The van der Waals surface area contributed by atoms with Gasteiger partial charge in [0.05, 0.1) is 0 Å². The van der Waals surface area contributed by atoms with Crippen LogP contribution < -0.4 is 5.32 Å². The summed E-state index contributed by atoms with van der Waals surface area (Å²) in [6.07, 6.45) is 3.44. The number of hydrogen-bond donors (Lipinski definition) is 2. The third kappa shape index (κ3) is 2.85. The largest absolute Gasteiger partial charge is 0.396 e. The summed E-state index contributed by atoms with van der Waals surface area (Å²) in [4.78, 5) is 0. The summed E-state index contributed by atoms with van der Waals surface area (Å²) in [7, 11) is 0. The van der Waals surface area contributed by atoms with Crippen LogP contribution in [0.3, 0.4) is 0 Å². The molecule has 0 bridgehead atoms. The quantitative estimate of drug-likeness (QED) is 0.824. The first-order valence-corrected chi connectivity index (χ1v) is 6.22. The van der Waals surface area contributed by atoms with Crippen LogP contribution in [-0.2, 0) is 6.54 Å². The maximum Gasteiger partial charge on any atom is 0.126 e. The molecule has 0 aromatic heterocycles. The van der Waals surface area contributed by atoms with E-state index >= 15 is 0 Å². The van der Waals surface area contributed by atoms with Crippen molar-refractivity contribution in [1.82, 2.24) is 5.32 Å². The zero-order valence-electron chi connectivity index (χ0n) is 10.3. The Labute approximate surface area is 102 Å². The number of aryl methyl sites for hydroxylation is 1. The van der Waals surface area contributed by atoms with Crippen molar-refractivity contribution in [3.05, 3.63) is 35.1 Å². The summed E-state index contributed by atoms with van der Waals surface area (Å²) in [6.45, 7) is 3.63. The lowest BCUT2D eigenvalue weighted by Crippen LogP contribution is -2.42. The minimum atomic E-state index is -0.153. The van der Waals surface area contributed by atoms with Crippen molar-refractivity contribution in [2.45, 2.75) is 32.7 Å². The molecule has 17 heavy (non-hydrogen) atoms. The predicted octanol–water partition coefficient (Wildman–Crippen LogP) is 2.39. The number of hydrogen-bond acceptors (Lipinski definition) is 2. The smallest absolute Gasteiger partial charge is 0.126 e. The first kappa shape index (κ1) is 12.5. The average molecular weight is 237 g/mol. The molecular weight excluding hydrogens is 217 g/mol. The summed E-state index contributed by atoms with van der Waals surface area (Å²) in [6, 6.07) is 5.19. The van der Waals surface area contributed by atoms with E-state index in [1.165, 1.54) is 12.5 Å². The molecule has 2 N–H and O–H groups in total. The summed E-state index contributed by atoms with van der Waals surface area (Å²) < 4.78 is 13.1. The van der Waals surface area contributed by atoms with Gasteiger partial charge in [0.2, 0.25) is 0 Å². The molecule has 2 nitrogen and oxygen atoms in total. The van der Waals surface area contributed by atoms with Crippen LogP contribution in [0.2, 0.25) is 0 Å². The van der Waals surface area contributed by atoms with Crippen molar-refractivity contribution in [3.63, 3.8) is 0 Å². The summed E-state index contributed by atoms with van der Waals surface area (Å²) in [5.74, 6) is -0.153. The fourth-order valence-electron chi connectivity index (χ4n) is 2.36. The molecule has 94 valence electrons. The third-order valence-corrected chi connectivity index (χ3v) is 3.80. The molecule has 0 aliphatic heterocycles. The van der Waals surface area contributed by atoms with Gasteiger partial charge in [-0.3, -0.25) is 0 Å². The number of aliphatic hydroxyl groups is 1. The Morgan fingerprint density at radius 3 is 2.71 bits per heavy atom. The Morgan fingerprint density at radius 2 is 2.18 bits per heavy atom. The van der Waals surface area contributed by atoms with Crippen LogP contribution in [0.25, 0.3) is 0 Å². The van der Waals surface area contributed by atoms with Crippen LogP contribution in [0.1, 0.15) is 30.4 Å². The lowest BCUT2D eigenvalue weighted by Gasteiger charge is -2.40. The third-order valence-electron chi connectivity index (χ3n) is 3.80. The van der Waals surface area contributed by atoms with Gasteiger partial charge in [-0.15, -0.1) is 0 Å². The first-order valence-electron chi connectivity index (χ1n) is 6.22. The van der Waals surface area contributed by atoms with Gasteiger partial charge in [0.1, 0.15) is 5.82 Å². The Bertz CT molecular complexity index is 382. The molecule has 0 unspecified atom stereocenters. The highest BCUT2D eigenvalue weighted by Gasteiger charge is 2.35. The second kappa shape index (κ2) is 5.15. The van der Waals surface area contributed by atoms with Gasteiger partial charge in [0, 0.05) is 25.1 Å². The van der Waals surface area contributed by atoms with Gasteiger partial charge >= 0.3 is 0 Å². The number of benzene rings is 1. The average Bonchev–Trinajstić information content (AvgIpc) is 2.27. The summed E-state index contributed by atoms with van der Waals surface area (Å²) >= 11 is 0. The molecular formula is C14H20FNO. The van der Waals surface area contributed by atoms with Gasteiger partial charge < -0.3 is 10.4 Å². The topological polar surface area (TPSA) is 32.3 Å². The van der Waals surface area contributed by atoms with E-state index in [1.807, 2.05) is 12.1 Å². The van der Waals surface area contributed by atoms with Crippen molar-refractivity contribution in [2.24, 2.45) is 5.41 Å². The van der Waals surface area contributed by atoms with Gasteiger partial charge in [-0.2, -0.15) is 0 Å². The number of aliphatic hydroxyl groups excluding tert-OH is 1. The van der Waals surface area contributed by atoms with E-state index in [9.17, 15) is 9.50 Å². The maximum atomic E-state index is 13.1. The molecule has 1 fully saturated rings. The molecule has 0 atom stereocenters. The zero-order chi connectivity index (χ0) is 12.3. The predicted molar refractivity (Wildman–Crippen MR) is 66.2 cm³/mol. The maximum absolute atomic E-state index is 13.1. The van der Waals surface area contributed by atoms with Gasteiger partial charge in [-0.05, 0) is 37.0 Å². The molecule has 2 rings (SSSR count). The van der Waals surface area contributed by atoms with E-state index in [4.69, 9.17) is 0 Å². The van der Waals surface area contributed by atoms with Crippen LogP contribution in [0.4, 0.5) is 4.39 Å². The van der Waals surface area contributed by atoms with E-state index in [-0.39, 0.29) is 17.8 Å². The summed E-state index contributed by atoms with van der Waals surface area (Å²) in [5, 5.41) is 12.7. The van der Waals surface area contributed by atoms with Crippen LogP contribution in [-0.4, -0.2) is 18.3 Å². The standard InChI is InChI=1S/C14H20FNO/c1-11-7-12(3-4-13(11)15)8-16-9-14(10-17)5-2-6-14/h3-4,7,16-17H,2,5-6,8-10H2,1H3. The van der Waals surface area contributed by atoms with Gasteiger partial charge in [-0.25, -0.2) is 4.39 Å². The second-order valence-corrected chi connectivity index (χ2v) is 5.20. The van der Waals surface area contributed by atoms with Crippen molar-refractivity contribution >= 4 is 0 Å². The van der Waals surface area contributed by atoms with Crippen molar-refractivity contribution in [2.75, 3.05) is 13.2 Å². The molecule has 0 spiro atoms. The van der Waals surface area contributed by atoms with E-state index in [0.29, 0.717) is 5.56 Å². The molecule has 0 saturated heterocycles. The highest BCUT2D eigenvalue weighted by molar-refractivity contribution is 5.23. The number of nitrogens with one attached hydrogen (secondary N) is 1. The van der Waals surface area contributed by atoms with E-state index in [2.05, 4.69) is 5.32 Å². The second-order valence-electron chi connectivity index (χ2n) is 5.20. The lowest BCUT2D eigenvalue weighted by molar-refractivity contribution is 0.0445. The molecule has 0 radical (unpaired) electrons. The first-order chi connectivity index (χ1) is 8.15. The molecule has 0 heterocycles. The van der Waals surface area contributed by atoms with Crippen LogP contribution in [0.15, 0.2) is 18.2 Å². The lowest BCUT2D eigenvalue weighted by atomic mass is 9.69. The minimum Gasteiger partial charge on any atom is -0.396 e. The molecule has 0 amide bonds. The van der Waals surface area contributed by atoms with Gasteiger partial charge in [-0.1, -0.05) is 18.6 Å². The van der Waals surface area contributed by atoms with Crippen LogP contribution >= 0.6 is 0 Å². The van der Waals surface area contributed by atoms with E-state index in [1.54, 1.807) is 6.92 Å². The van der Waals surface area contributed by atoms with E-state index in [0.717, 1.165) is 31.5 Å². The SMILES string of the molecule is Cc1cc(CNCC2(CO)CCC2)ccc1F. The Hall–Kier alpha value is -0.930. The molecule has 1 aliphatic carbocycles. The molecule has 1 saturated carbocycles. The number of halogens is 1. The highest BCUT2D eigenvalue weighted by Crippen LogP contribution is 2.39. The van der Waals surface area contributed by atoms with Crippen molar-refractivity contribution < 1.29 is 9.50 Å². The van der Waals surface area contributed by atoms with Crippen LogP contribution in [0.5, 0.6) is 0 Å². The Kier molecular flexibility index (Phi) is 3.79. The van der Waals surface area contributed by atoms with Crippen molar-refractivity contribution in [1.29, 1.82) is 0 Å².